The smallest absolute Gasteiger partial charge is 0.219 e. The van der Waals surface area contributed by atoms with Gasteiger partial charge in [0.1, 0.15) is 17.6 Å². The molecule has 6 nitrogen and oxygen atoms in total. The van der Waals surface area contributed by atoms with Crippen LogP contribution in [0, 0.1) is 6.92 Å². The van der Waals surface area contributed by atoms with Crippen molar-refractivity contribution in [3.8, 4) is 5.75 Å². The molecule has 4 rings (SSSR count). The van der Waals surface area contributed by atoms with Crippen LogP contribution in [-0.4, -0.2) is 32.4 Å². The first-order valence-corrected chi connectivity index (χ1v) is 12.1. The Kier molecular flexibility index (Phi) is 6.91. The molecular weight excluding hydrogens is 424 g/mol. The van der Waals surface area contributed by atoms with Crippen LogP contribution in [0.1, 0.15) is 28.3 Å². The molecule has 1 aliphatic rings. The molecule has 0 amide bonds. The Morgan fingerprint density at radius 3 is 2.53 bits per heavy atom. The van der Waals surface area contributed by atoms with Crippen LogP contribution >= 0.6 is 0 Å². The van der Waals surface area contributed by atoms with Gasteiger partial charge >= 0.3 is 0 Å². The second-order valence-corrected chi connectivity index (χ2v) is 10.0. The molecule has 1 aliphatic heterocycles. The van der Waals surface area contributed by atoms with Gasteiger partial charge in [-0.15, -0.1) is 0 Å². The second-order valence-electron chi connectivity index (χ2n) is 8.03. The van der Waals surface area contributed by atoms with Gasteiger partial charge in [-0.25, -0.2) is 13.1 Å². The summed E-state index contributed by atoms with van der Waals surface area (Å²) in [6.07, 6.45) is 0. The first kappa shape index (κ1) is 22.5. The quantitative estimate of drug-likeness (QED) is 0.560. The minimum absolute atomic E-state index is 0.0966. The van der Waals surface area contributed by atoms with Crippen molar-refractivity contribution in [3.63, 3.8) is 0 Å². The maximum atomic E-state index is 13.2. The average molecular weight is 453 g/mol. The molecule has 1 heterocycles. The van der Waals surface area contributed by atoms with Gasteiger partial charge in [-0.3, -0.25) is 4.84 Å². The molecule has 7 heteroatoms. The zero-order valence-electron chi connectivity index (χ0n) is 18.3. The molecule has 3 aromatic rings. The van der Waals surface area contributed by atoms with E-state index in [1.807, 2.05) is 85.8 Å². The van der Waals surface area contributed by atoms with E-state index in [2.05, 4.69) is 4.72 Å². The Morgan fingerprint density at radius 1 is 1.00 bits per heavy atom. The van der Waals surface area contributed by atoms with E-state index in [4.69, 9.17) is 9.57 Å². The number of nitrogens with zero attached hydrogens (tertiary/aromatic N) is 1. The molecule has 32 heavy (non-hydrogen) atoms. The zero-order chi connectivity index (χ0) is 22.6. The molecule has 0 aliphatic carbocycles. The van der Waals surface area contributed by atoms with E-state index in [0.717, 1.165) is 22.3 Å². The first-order valence-electron chi connectivity index (χ1n) is 10.6. The number of aryl methyl sites for hydroxylation is 1. The van der Waals surface area contributed by atoms with Crippen molar-refractivity contribution in [2.75, 3.05) is 13.7 Å². The van der Waals surface area contributed by atoms with Crippen LogP contribution in [0.5, 0.6) is 5.75 Å². The highest BCUT2D eigenvalue weighted by atomic mass is 32.2. The Bertz CT molecular complexity index is 1150. The van der Waals surface area contributed by atoms with Gasteiger partial charge in [0, 0.05) is 13.6 Å². The van der Waals surface area contributed by atoms with Gasteiger partial charge < -0.3 is 4.74 Å². The van der Waals surface area contributed by atoms with Gasteiger partial charge in [0.25, 0.3) is 0 Å². The van der Waals surface area contributed by atoms with Gasteiger partial charge in [0.05, 0.1) is 12.6 Å². The number of hydroxylamine groups is 2. The molecule has 168 valence electrons. The van der Waals surface area contributed by atoms with Gasteiger partial charge in [0.15, 0.2) is 0 Å². The second kappa shape index (κ2) is 9.83. The van der Waals surface area contributed by atoms with Gasteiger partial charge in [-0.05, 0) is 35.7 Å². The third-order valence-corrected chi connectivity index (χ3v) is 7.33. The first-order chi connectivity index (χ1) is 15.4. The maximum Gasteiger partial charge on any atom is 0.219 e. The predicted octanol–water partition coefficient (Wildman–Crippen LogP) is 3.98. The van der Waals surface area contributed by atoms with E-state index in [0.29, 0.717) is 12.4 Å². The fourth-order valence-electron chi connectivity index (χ4n) is 3.92. The largest absolute Gasteiger partial charge is 0.489 e. The van der Waals surface area contributed by atoms with Crippen LogP contribution in [-0.2, 0) is 28.0 Å². The minimum Gasteiger partial charge on any atom is -0.489 e. The van der Waals surface area contributed by atoms with E-state index in [-0.39, 0.29) is 13.2 Å². The molecule has 0 aromatic heterocycles. The van der Waals surface area contributed by atoms with Crippen LogP contribution in [0.25, 0.3) is 0 Å². The molecule has 1 saturated heterocycles. The summed E-state index contributed by atoms with van der Waals surface area (Å²) in [4.78, 5) is 5.63. The van der Waals surface area contributed by atoms with Crippen molar-refractivity contribution in [1.29, 1.82) is 0 Å². The van der Waals surface area contributed by atoms with Crippen molar-refractivity contribution in [2.24, 2.45) is 0 Å². The highest BCUT2D eigenvalue weighted by molar-refractivity contribution is 7.90. The van der Waals surface area contributed by atoms with Crippen molar-refractivity contribution < 1.29 is 18.0 Å². The zero-order valence-corrected chi connectivity index (χ0v) is 19.1. The average Bonchev–Trinajstić information content (AvgIpc) is 3.20. The number of sulfonamides is 1. The predicted molar refractivity (Wildman–Crippen MR) is 124 cm³/mol. The molecule has 1 fully saturated rings. The standard InChI is InChI=1S/C25H28N2O4S/c1-19-8-6-11-21(14-19)16-26-32(28,29)24-18-31-27(2)25(24)22-12-7-13-23(15-22)30-17-20-9-4-3-5-10-20/h3-15,24-26H,16-18H2,1-2H3/t24-,25-/m0/s1. The van der Waals surface area contributed by atoms with Gasteiger partial charge in [-0.1, -0.05) is 72.3 Å². The van der Waals surface area contributed by atoms with Crippen LogP contribution in [0.15, 0.2) is 78.9 Å². The molecule has 0 saturated carbocycles. The molecule has 0 bridgehead atoms. The molecule has 0 radical (unpaired) electrons. The third-order valence-electron chi connectivity index (χ3n) is 5.59. The lowest BCUT2D eigenvalue weighted by molar-refractivity contribution is -0.110. The summed E-state index contributed by atoms with van der Waals surface area (Å²) >= 11 is 0. The SMILES string of the molecule is Cc1cccc(CNS(=O)(=O)[C@H]2CON(C)[C@H]2c2cccc(OCc3ccccc3)c2)c1. The lowest BCUT2D eigenvalue weighted by atomic mass is 10.0. The minimum atomic E-state index is -3.63. The fraction of sp³-hybridized carbons (Fsp3) is 0.280. The Hall–Kier alpha value is -2.71. The van der Waals surface area contributed by atoms with Crippen molar-refractivity contribution >= 4 is 10.0 Å². The van der Waals surface area contributed by atoms with Gasteiger partial charge in [0.2, 0.25) is 10.0 Å². The summed E-state index contributed by atoms with van der Waals surface area (Å²) in [5.74, 6) is 0.690. The third kappa shape index (κ3) is 5.37. The number of hydrogen-bond acceptors (Lipinski definition) is 5. The van der Waals surface area contributed by atoms with Crippen LogP contribution < -0.4 is 9.46 Å². The summed E-state index contributed by atoms with van der Waals surface area (Å²) in [5, 5.41) is 0.883. The molecule has 1 N–H and O–H groups in total. The lowest BCUT2D eigenvalue weighted by Gasteiger charge is -2.23. The van der Waals surface area contributed by atoms with Gasteiger partial charge in [-0.2, -0.15) is 5.06 Å². The molecule has 2 atom stereocenters. The lowest BCUT2D eigenvalue weighted by Crippen LogP contribution is -2.39. The summed E-state index contributed by atoms with van der Waals surface area (Å²) in [6, 6.07) is 24.8. The Labute approximate surface area is 189 Å². The highest BCUT2D eigenvalue weighted by Gasteiger charge is 2.43. The number of hydrogen-bond donors (Lipinski definition) is 1. The monoisotopic (exact) mass is 452 g/mol. The molecular formula is C25H28N2O4S. The maximum absolute atomic E-state index is 13.2. The molecule has 3 aromatic carbocycles. The van der Waals surface area contributed by atoms with E-state index < -0.39 is 21.3 Å². The summed E-state index contributed by atoms with van der Waals surface area (Å²) < 4.78 is 35.0. The normalized spacial score (nSPS) is 19.2. The van der Waals surface area contributed by atoms with Crippen molar-refractivity contribution in [2.45, 2.75) is 31.4 Å². The number of rotatable bonds is 8. The van der Waals surface area contributed by atoms with E-state index in [9.17, 15) is 8.42 Å². The topological polar surface area (TPSA) is 67.9 Å². The van der Waals surface area contributed by atoms with E-state index >= 15 is 0 Å². The number of ether oxygens (including phenoxy) is 1. The summed E-state index contributed by atoms with van der Waals surface area (Å²) in [7, 11) is -1.86. The van der Waals surface area contributed by atoms with Crippen molar-refractivity contribution in [3.05, 3.63) is 101 Å². The number of benzene rings is 3. The van der Waals surface area contributed by atoms with Crippen LogP contribution in [0.3, 0.4) is 0 Å². The van der Waals surface area contributed by atoms with Crippen LogP contribution in [0.4, 0.5) is 0 Å². The number of nitrogens with one attached hydrogen (secondary N) is 1. The molecule has 0 spiro atoms. The fourth-order valence-corrected chi connectivity index (χ4v) is 5.41. The summed E-state index contributed by atoms with van der Waals surface area (Å²) in [6.45, 7) is 2.78. The Morgan fingerprint density at radius 2 is 1.75 bits per heavy atom. The summed E-state index contributed by atoms with van der Waals surface area (Å²) in [5.41, 5.74) is 3.92. The van der Waals surface area contributed by atoms with Crippen molar-refractivity contribution in [1.82, 2.24) is 9.79 Å². The van der Waals surface area contributed by atoms with E-state index in [1.165, 1.54) is 0 Å². The van der Waals surface area contributed by atoms with E-state index in [1.54, 1.807) is 12.1 Å². The highest BCUT2D eigenvalue weighted by Crippen LogP contribution is 2.34. The van der Waals surface area contributed by atoms with Crippen LogP contribution in [0.2, 0.25) is 0 Å². The molecule has 0 unspecified atom stereocenters. The Balaban J connectivity index is 1.49.